The predicted molar refractivity (Wildman–Crippen MR) is 103 cm³/mol. The highest BCUT2D eigenvalue weighted by molar-refractivity contribution is 5.89. The Morgan fingerprint density at radius 2 is 1.86 bits per heavy atom. The lowest BCUT2D eigenvalue weighted by molar-refractivity contribution is -0.134. The first-order valence-corrected chi connectivity index (χ1v) is 9.54. The molecule has 1 fully saturated rings. The molecule has 2 N–H and O–H groups in total. The van der Waals surface area contributed by atoms with E-state index in [1.165, 1.54) is 25.5 Å². The first kappa shape index (κ1) is 23.4. The van der Waals surface area contributed by atoms with E-state index >= 15 is 0 Å². The molecule has 0 radical (unpaired) electrons. The number of nitrogens with zero attached hydrogens (tertiary/aromatic N) is 1. The van der Waals surface area contributed by atoms with Crippen LogP contribution in [0, 0.1) is 11.8 Å². The average Bonchev–Trinajstić information content (AvgIpc) is 2.67. The molecule has 0 saturated heterocycles. The third-order valence-corrected chi connectivity index (χ3v) is 4.15. The maximum absolute atomic E-state index is 12.1. The van der Waals surface area contributed by atoms with Crippen LogP contribution in [0.25, 0.3) is 0 Å². The number of nitrogens with one attached hydrogen (secondary N) is 1. The first-order chi connectivity index (χ1) is 13.3. The van der Waals surface area contributed by atoms with Crippen LogP contribution in [0.1, 0.15) is 63.2 Å². The van der Waals surface area contributed by atoms with Gasteiger partial charge in [-0.15, -0.1) is 0 Å². The van der Waals surface area contributed by atoms with Crippen LogP contribution in [-0.2, 0) is 14.3 Å². The zero-order valence-electron chi connectivity index (χ0n) is 16.7. The minimum Gasteiger partial charge on any atom is -0.481 e. The molecule has 1 saturated carbocycles. The van der Waals surface area contributed by atoms with Crippen LogP contribution in [0.4, 0.5) is 4.79 Å². The second kappa shape index (κ2) is 12.7. The highest BCUT2D eigenvalue weighted by Gasteiger charge is 2.24. The topological polar surface area (TPSA) is 115 Å². The number of carboxylic acids is 1. The zero-order chi connectivity index (χ0) is 20.9. The number of pyridine rings is 1. The number of carboxylic acid groups (broad SMARTS) is 1. The molecule has 28 heavy (non-hydrogen) atoms. The molecule has 8 heteroatoms. The van der Waals surface area contributed by atoms with Gasteiger partial charge in [-0.3, -0.25) is 9.78 Å². The Labute approximate surface area is 165 Å². The maximum Gasteiger partial charge on any atom is 0.410 e. The number of hydrogen-bond acceptors (Lipinski definition) is 6. The van der Waals surface area contributed by atoms with Crippen LogP contribution >= 0.6 is 0 Å². The van der Waals surface area contributed by atoms with Crippen molar-refractivity contribution >= 4 is 18.0 Å². The number of carbonyl (C=O) groups excluding carboxylic acids is 2. The smallest absolute Gasteiger partial charge is 0.410 e. The average molecular weight is 394 g/mol. The Kier molecular flexibility index (Phi) is 10.6. The minimum absolute atomic E-state index is 0.147. The van der Waals surface area contributed by atoms with Gasteiger partial charge in [0.25, 0.3) is 12.3 Å². The summed E-state index contributed by atoms with van der Waals surface area (Å²) in [5.74, 6) is -1.02. The van der Waals surface area contributed by atoms with Crippen molar-refractivity contribution < 1.29 is 29.0 Å². The van der Waals surface area contributed by atoms with E-state index in [1.54, 1.807) is 18.3 Å². The Bertz CT molecular complexity index is 610. The number of carbonyl (C=O) groups is 3. The molecule has 1 amide bonds. The third kappa shape index (κ3) is 9.89. The quantitative estimate of drug-likeness (QED) is 0.559. The van der Waals surface area contributed by atoms with E-state index in [1.807, 2.05) is 13.8 Å². The Morgan fingerprint density at radius 3 is 2.39 bits per heavy atom. The molecular formula is C20H30N2O6. The molecule has 1 aromatic rings. The van der Waals surface area contributed by atoms with Crippen molar-refractivity contribution in [2.24, 2.45) is 11.8 Å². The van der Waals surface area contributed by atoms with Crippen molar-refractivity contribution in [2.45, 2.75) is 59.2 Å². The lowest BCUT2D eigenvalue weighted by atomic mass is 9.89. The van der Waals surface area contributed by atoms with E-state index in [2.05, 4.69) is 10.3 Å². The number of aromatic nitrogens is 1. The van der Waals surface area contributed by atoms with Crippen LogP contribution in [0.15, 0.2) is 24.5 Å². The van der Waals surface area contributed by atoms with Crippen molar-refractivity contribution in [1.82, 2.24) is 10.3 Å². The van der Waals surface area contributed by atoms with Crippen LogP contribution in [0.5, 0.6) is 0 Å². The molecule has 8 nitrogen and oxygen atoms in total. The molecule has 156 valence electrons. The summed E-state index contributed by atoms with van der Waals surface area (Å²) in [5, 5.41) is 10.2. The van der Waals surface area contributed by atoms with Crippen molar-refractivity contribution in [3.63, 3.8) is 0 Å². The summed E-state index contributed by atoms with van der Waals surface area (Å²) in [7, 11) is 0. The van der Waals surface area contributed by atoms with Gasteiger partial charge in [-0.25, -0.2) is 9.59 Å². The molecule has 1 aliphatic carbocycles. The van der Waals surface area contributed by atoms with E-state index in [9.17, 15) is 9.59 Å². The number of alkyl carbamates (subject to hydrolysis) is 1. The summed E-state index contributed by atoms with van der Waals surface area (Å²) in [6.07, 6.45) is 7.53. The molecule has 1 unspecified atom stereocenters. The van der Waals surface area contributed by atoms with Crippen LogP contribution in [0.2, 0.25) is 0 Å². The molecule has 2 rings (SSSR count). The minimum atomic E-state index is -0.927. The molecule has 0 bridgehead atoms. The van der Waals surface area contributed by atoms with Crippen LogP contribution < -0.4 is 5.32 Å². The fourth-order valence-electron chi connectivity index (χ4n) is 2.72. The lowest BCUT2D eigenvalue weighted by Crippen LogP contribution is -2.37. The molecule has 0 aromatic carbocycles. The fraction of sp³-hybridized carbons (Fsp3) is 0.600. The molecule has 1 aliphatic rings. The van der Waals surface area contributed by atoms with E-state index in [4.69, 9.17) is 19.4 Å². The van der Waals surface area contributed by atoms with Gasteiger partial charge >= 0.3 is 12.1 Å². The molecule has 0 aliphatic heterocycles. The lowest BCUT2D eigenvalue weighted by Gasteiger charge is -2.24. The van der Waals surface area contributed by atoms with Crippen molar-refractivity contribution in [1.29, 1.82) is 0 Å². The maximum atomic E-state index is 12.1. The molecular weight excluding hydrogens is 364 g/mol. The number of aliphatic carboxylic acids is 1. The Hall–Kier alpha value is -2.64. The van der Waals surface area contributed by atoms with Gasteiger partial charge in [-0.2, -0.15) is 0 Å². The van der Waals surface area contributed by atoms with Gasteiger partial charge in [0.05, 0.1) is 5.56 Å². The van der Waals surface area contributed by atoms with E-state index < -0.39 is 24.3 Å². The van der Waals surface area contributed by atoms with Gasteiger partial charge < -0.3 is 19.9 Å². The van der Waals surface area contributed by atoms with E-state index in [0.29, 0.717) is 18.0 Å². The number of hydrogen-bond donors (Lipinski definition) is 2. The van der Waals surface area contributed by atoms with E-state index in [-0.39, 0.29) is 5.92 Å². The molecule has 0 spiro atoms. The third-order valence-electron chi connectivity index (χ3n) is 4.15. The predicted octanol–water partition coefficient (Wildman–Crippen LogP) is 3.62. The normalized spacial score (nSPS) is 15.0. The number of esters is 1. The van der Waals surface area contributed by atoms with Gasteiger partial charge in [0.2, 0.25) is 0 Å². The highest BCUT2D eigenvalue weighted by Crippen LogP contribution is 2.22. The largest absolute Gasteiger partial charge is 0.481 e. The zero-order valence-corrected chi connectivity index (χ0v) is 16.7. The summed E-state index contributed by atoms with van der Waals surface area (Å²) in [6.45, 7) is 5.35. The summed E-state index contributed by atoms with van der Waals surface area (Å²) >= 11 is 0. The van der Waals surface area contributed by atoms with Gasteiger partial charge in [0.15, 0.2) is 0 Å². The van der Waals surface area contributed by atoms with Crippen molar-refractivity contribution in [3.8, 4) is 0 Å². The summed E-state index contributed by atoms with van der Waals surface area (Å²) in [4.78, 5) is 36.9. The summed E-state index contributed by atoms with van der Waals surface area (Å²) < 4.78 is 10.6. The first-order valence-electron chi connectivity index (χ1n) is 9.54. The van der Waals surface area contributed by atoms with Crippen molar-refractivity contribution in [2.75, 3.05) is 6.54 Å². The standard InChI is InChI=1S/C18H26N2O4.C2H4O2/c1-13(2)17(23-16(21)15-9-6-10-19-12-15)24-18(22)20-11-14-7-4-3-5-8-14;1-2(3)4/h6,9-10,12-14,17H,3-5,7-8,11H2,1-2H3,(H,20,22);1H3,(H,3,4). The molecule has 1 atom stereocenters. The summed E-state index contributed by atoms with van der Waals surface area (Å²) in [5.41, 5.74) is 0.328. The fourth-order valence-corrected chi connectivity index (χ4v) is 2.72. The monoisotopic (exact) mass is 394 g/mol. The Morgan fingerprint density at radius 1 is 1.21 bits per heavy atom. The number of rotatable bonds is 6. The van der Waals surface area contributed by atoms with Crippen molar-refractivity contribution in [3.05, 3.63) is 30.1 Å². The molecule has 1 aromatic heterocycles. The van der Waals surface area contributed by atoms with Gasteiger partial charge in [0, 0.05) is 31.8 Å². The highest BCUT2D eigenvalue weighted by atomic mass is 16.7. The van der Waals surface area contributed by atoms with E-state index in [0.717, 1.165) is 19.8 Å². The number of amides is 1. The second-order valence-electron chi connectivity index (χ2n) is 7.07. The van der Waals surface area contributed by atoms with Crippen LogP contribution in [0.3, 0.4) is 0 Å². The summed E-state index contributed by atoms with van der Waals surface area (Å²) in [6, 6.07) is 3.26. The Balaban J connectivity index is 0.000000892. The van der Waals surface area contributed by atoms with Gasteiger partial charge in [-0.05, 0) is 30.9 Å². The van der Waals surface area contributed by atoms with Gasteiger partial charge in [-0.1, -0.05) is 33.1 Å². The van der Waals surface area contributed by atoms with Crippen LogP contribution in [-0.4, -0.2) is 41.0 Å². The SMILES string of the molecule is CC(=O)O.CC(C)C(OC(=O)NCC1CCCCC1)OC(=O)c1cccnc1. The second-order valence-corrected chi connectivity index (χ2v) is 7.07. The molecule has 1 heterocycles. The number of ether oxygens (including phenoxy) is 2. The van der Waals surface area contributed by atoms with Gasteiger partial charge in [0.1, 0.15) is 0 Å².